The molecule has 6 heteroatoms. The Balaban J connectivity index is 1.93. The Kier molecular flexibility index (Phi) is 4.46. The van der Waals surface area contributed by atoms with Crippen LogP contribution in [0.15, 0.2) is 24.3 Å². The highest BCUT2D eigenvalue weighted by molar-refractivity contribution is 7.17. The molecule has 0 aliphatic heterocycles. The number of rotatable bonds is 5. The van der Waals surface area contributed by atoms with Crippen molar-refractivity contribution >= 4 is 22.4 Å². The Bertz CT molecular complexity index is 567. The first-order valence-electron chi connectivity index (χ1n) is 6.10. The average molecular weight is 276 g/mol. The van der Waals surface area contributed by atoms with E-state index in [9.17, 15) is 4.79 Å². The molecule has 0 unspecified atom stereocenters. The van der Waals surface area contributed by atoms with Crippen LogP contribution in [0, 0.1) is 6.92 Å². The summed E-state index contributed by atoms with van der Waals surface area (Å²) in [6.45, 7) is 5.26. The topological polar surface area (TPSA) is 66.9 Å². The maximum absolute atomic E-state index is 11.9. The molecule has 1 amide bonds. The van der Waals surface area contributed by atoms with Gasteiger partial charge in [-0.2, -0.15) is 0 Å². The van der Waals surface area contributed by atoms with Crippen molar-refractivity contribution < 1.29 is 4.79 Å². The van der Waals surface area contributed by atoms with Crippen molar-refractivity contribution in [2.45, 2.75) is 20.4 Å². The van der Waals surface area contributed by atoms with E-state index >= 15 is 0 Å². The Morgan fingerprint density at radius 1 is 1.37 bits per heavy atom. The zero-order valence-electron chi connectivity index (χ0n) is 10.9. The second-order valence-corrected chi connectivity index (χ2v) is 5.09. The van der Waals surface area contributed by atoms with Gasteiger partial charge in [-0.25, -0.2) is 0 Å². The summed E-state index contributed by atoms with van der Waals surface area (Å²) in [5, 5.41) is 14.7. The number of nitrogens with zero attached hydrogens (tertiary/aromatic N) is 2. The summed E-state index contributed by atoms with van der Waals surface area (Å²) in [5.41, 5.74) is 2.25. The molecule has 2 rings (SSSR count). The maximum atomic E-state index is 11.9. The summed E-state index contributed by atoms with van der Waals surface area (Å²) in [5.74, 6) is -0.192. The molecule has 0 saturated heterocycles. The lowest BCUT2D eigenvalue weighted by Gasteiger charge is -2.03. The number of hydrogen-bond donors (Lipinski definition) is 2. The monoisotopic (exact) mass is 276 g/mol. The fourth-order valence-electron chi connectivity index (χ4n) is 1.62. The van der Waals surface area contributed by atoms with E-state index in [0.29, 0.717) is 16.7 Å². The van der Waals surface area contributed by atoms with E-state index in [1.807, 2.05) is 38.1 Å². The molecule has 1 aromatic carbocycles. The summed E-state index contributed by atoms with van der Waals surface area (Å²) in [4.78, 5) is 11.9. The number of nitrogens with one attached hydrogen (secondary N) is 2. The molecule has 19 heavy (non-hydrogen) atoms. The van der Waals surface area contributed by atoms with Crippen molar-refractivity contribution in [2.24, 2.45) is 0 Å². The van der Waals surface area contributed by atoms with Gasteiger partial charge in [0.1, 0.15) is 0 Å². The molecule has 0 saturated carbocycles. The van der Waals surface area contributed by atoms with Gasteiger partial charge in [-0.15, -0.1) is 10.2 Å². The number of aromatic nitrogens is 2. The molecule has 0 fully saturated rings. The molecule has 1 aromatic heterocycles. The van der Waals surface area contributed by atoms with Crippen LogP contribution in [0.25, 0.3) is 0 Å². The Morgan fingerprint density at radius 2 is 2.21 bits per heavy atom. The van der Waals surface area contributed by atoms with Gasteiger partial charge in [0, 0.05) is 13.1 Å². The van der Waals surface area contributed by atoms with E-state index in [0.717, 1.165) is 12.1 Å². The third-order valence-corrected chi connectivity index (χ3v) is 3.36. The average Bonchev–Trinajstić information content (AvgIpc) is 2.85. The second kappa shape index (κ2) is 6.29. The quantitative estimate of drug-likeness (QED) is 0.878. The van der Waals surface area contributed by atoms with Crippen LogP contribution < -0.4 is 10.6 Å². The number of anilines is 1. The first-order valence-corrected chi connectivity index (χ1v) is 6.92. The molecular formula is C13H16N4OS. The Hall–Kier alpha value is -1.95. The largest absolute Gasteiger partial charge is 0.360 e. The van der Waals surface area contributed by atoms with E-state index in [2.05, 4.69) is 20.8 Å². The minimum atomic E-state index is -0.192. The lowest BCUT2D eigenvalue weighted by molar-refractivity contribution is 0.0950. The smallest absolute Gasteiger partial charge is 0.282 e. The van der Waals surface area contributed by atoms with Gasteiger partial charge >= 0.3 is 0 Å². The molecular weight excluding hydrogens is 260 g/mol. The van der Waals surface area contributed by atoms with Crippen LogP contribution in [0.1, 0.15) is 27.9 Å². The number of carbonyl (C=O) groups is 1. The van der Waals surface area contributed by atoms with Crippen molar-refractivity contribution in [3.8, 4) is 0 Å². The van der Waals surface area contributed by atoms with Crippen LogP contribution in [0.4, 0.5) is 5.13 Å². The first kappa shape index (κ1) is 13.5. The number of amides is 1. The molecule has 0 aliphatic carbocycles. The molecule has 2 N–H and O–H groups in total. The van der Waals surface area contributed by atoms with Gasteiger partial charge in [-0.05, 0) is 19.4 Å². The van der Waals surface area contributed by atoms with Gasteiger partial charge < -0.3 is 10.6 Å². The van der Waals surface area contributed by atoms with Gasteiger partial charge in [0.25, 0.3) is 5.91 Å². The van der Waals surface area contributed by atoms with Crippen molar-refractivity contribution in [1.82, 2.24) is 15.5 Å². The molecule has 5 nitrogen and oxygen atoms in total. The first-order chi connectivity index (χ1) is 9.19. The number of benzene rings is 1. The second-order valence-electron chi connectivity index (χ2n) is 4.11. The van der Waals surface area contributed by atoms with Gasteiger partial charge in [0.05, 0.1) is 0 Å². The van der Waals surface area contributed by atoms with Crippen molar-refractivity contribution in [3.63, 3.8) is 0 Å². The van der Waals surface area contributed by atoms with Crippen LogP contribution >= 0.6 is 11.3 Å². The molecule has 1 heterocycles. The third kappa shape index (κ3) is 3.75. The molecule has 0 aliphatic rings. The molecule has 0 bridgehead atoms. The zero-order chi connectivity index (χ0) is 13.7. The maximum Gasteiger partial charge on any atom is 0.282 e. The van der Waals surface area contributed by atoms with Crippen molar-refractivity contribution in [2.75, 3.05) is 11.9 Å². The highest BCUT2D eigenvalue weighted by Gasteiger charge is 2.11. The SMILES string of the molecule is CCNc1nnc(C(=O)NCc2cccc(C)c2)s1. The van der Waals surface area contributed by atoms with Gasteiger partial charge in [0.2, 0.25) is 10.1 Å². The van der Waals surface area contributed by atoms with E-state index < -0.39 is 0 Å². The molecule has 0 radical (unpaired) electrons. The minimum Gasteiger partial charge on any atom is -0.360 e. The van der Waals surface area contributed by atoms with E-state index in [1.54, 1.807) is 0 Å². The predicted octanol–water partition coefficient (Wildman–Crippen LogP) is 2.21. The number of hydrogen-bond acceptors (Lipinski definition) is 5. The number of aryl methyl sites for hydroxylation is 1. The van der Waals surface area contributed by atoms with Crippen LogP contribution in [0.3, 0.4) is 0 Å². The minimum absolute atomic E-state index is 0.192. The van der Waals surface area contributed by atoms with E-state index in [1.165, 1.54) is 16.9 Å². The zero-order valence-corrected chi connectivity index (χ0v) is 11.8. The summed E-state index contributed by atoms with van der Waals surface area (Å²) in [6.07, 6.45) is 0. The van der Waals surface area contributed by atoms with Crippen LogP contribution in [-0.4, -0.2) is 22.6 Å². The molecule has 0 spiro atoms. The van der Waals surface area contributed by atoms with E-state index in [4.69, 9.17) is 0 Å². The van der Waals surface area contributed by atoms with Gasteiger partial charge in [-0.3, -0.25) is 4.79 Å². The summed E-state index contributed by atoms with van der Waals surface area (Å²) in [7, 11) is 0. The van der Waals surface area contributed by atoms with Crippen molar-refractivity contribution in [1.29, 1.82) is 0 Å². The van der Waals surface area contributed by atoms with E-state index in [-0.39, 0.29) is 5.91 Å². The summed E-state index contributed by atoms with van der Waals surface area (Å²) in [6, 6.07) is 8.03. The van der Waals surface area contributed by atoms with Crippen LogP contribution in [0.2, 0.25) is 0 Å². The van der Waals surface area contributed by atoms with Crippen molar-refractivity contribution in [3.05, 3.63) is 40.4 Å². The fourth-order valence-corrected chi connectivity index (χ4v) is 2.35. The highest BCUT2D eigenvalue weighted by Crippen LogP contribution is 2.14. The normalized spacial score (nSPS) is 10.2. The van der Waals surface area contributed by atoms with Gasteiger partial charge in [-0.1, -0.05) is 41.2 Å². The molecule has 2 aromatic rings. The third-order valence-electron chi connectivity index (χ3n) is 2.48. The fraction of sp³-hybridized carbons (Fsp3) is 0.308. The lowest BCUT2D eigenvalue weighted by atomic mass is 10.1. The Morgan fingerprint density at radius 3 is 2.95 bits per heavy atom. The molecule has 100 valence electrons. The number of carbonyl (C=O) groups excluding carboxylic acids is 1. The summed E-state index contributed by atoms with van der Waals surface area (Å²) >= 11 is 1.26. The van der Waals surface area contributed by atoms with Crippen LogP contribution in [-0.2, 0) is 6.54 Å². The lowest BCUT2D eigenvalue weighted by Crippen LogP contribution is -2.22. The molecule has 0 atom stereocenters. The highest BCUT2D eigenvalue weighted by atomic mass is 32.1. The van der Waals surface area contributed by atoms with Gasteiger partial charge in [0.15, 0.2) is 0 Å². The summed E-state index contributed by atoms with van der Waals surface area (Å²) < 4.78 is 0. The predicted molar refractivity (Wildman–Crippen MR) is 76.4 cm³/mol. The Labute approximate surface area is 116 Å². The van der Waals surface area contributed by atoms with Crippen LogP contribution in [0.5, 0.6) is 0 Å². The standard InChI is InChI=1S/C13H16N4OS/c1-3-14-13-17-16-12(19-13)11(18)15-8-10-6-4-5-9(2)7-10/h4-7H,3,8H2,1-2H3,(H,14,17)(H,15,18).